The first-order valence-electron chi connectivity index (χ1n) is 9.53. The Bertz CT molecular complexity index is 1320. The van der Waals surface area contributed by atoms with Crippen LogP contribution in [0.5, 0.6) is 5.75 Å². The van der Waals surface area contributed by atoms with Gasteiger partial charge >= 0.3 is 5.97 Å². The number of hydrogen-bond acceptors (Lipinski definition) is 5. The molecular weight excluding hydrogens is 425 g/mol. The van der Waals surface area contributed by atoms with E-state index in [9.17, 15) is 18.0 Å². The molecule has 0 saturated heterocycles. The predicted octanol–water partition coefficient (Wildman–Crippen LogP) is 4.58. The first kappa shape index (κ1) is 21.4. The summed E-state index contributed by atoms with van der Waals surface area (Å²) in [5, 5.41) is 9.17. The van der Waals surface area contributed by atoms with Crippen LogP contribution in [0.15, 0.2) is 53.3 Å². The number of pyridine rings is 1. The monoisotopic (exact) mass is 442 g/mol. The number of rotatable bonds is 7. The van der Waals surface area contributed by atoms with Gasteiger partial charge in [0.15, 0.2) is 11.6 Å². The Morgan fingerprint density at radius 1 is 1.12 bits per heavy atom. The second-order valence-electron chi connectivity index (χ2n) is 7.04. The second-order valence-corrected chi connectivity index (χ2v) is 7.04. The van der Waals surface area contributed by atoms with E-state index < -0.39 is 29.8 Å². The molecule has 6 nitrogen and oxygen atoms in total. The molecule has 32 heavy (non-hydrogen) atoms. The highest BCUT2D eigenvalue weighted by atomic mass is 19.1. The molecule has 2 aromatic heterocycles. The van der Waals surface area contributed by atoms with Crippen LogP contribution in [0, 0.1) is 17.5 Å². The summed E-state index contributed by atoms with van der Waals surface area (Å²) in [4.78, 5) is 15.0. The number of benzene rings is 2. The maximum absolute atomic E-state index is 14.9. The van der Waals surface area contributed by atoms with E-state index in [0.717, 1.165) is 18.4 Å². The van der Waals surface area contributed by atoms with Gasteiger partial charge < -0.3 is 20.0 Å². The summed E-state index contributed by atoms with van der Waals surface area (Å²) in [5.74, 6) is -2.85. The molecule has 0 saturated carbocycles. The van der Waals surface area contributed by atoms with Crippen LogP contribution in [0.4, 0.5) is 13.2 Å². The molecule has 0 aliphatic heterocycles. The number of halogens is 3. The van der Waals surface area contributed by atoms with E-state index in [0.29, 0.717) is 5.56 Å². The average molecular weight is 442 g/mol. The number of furan rings is 1. The number of fused-ring (bicyclic) bond motifs is 1. The van der Waals surface area contributed by atoms with Crippen LogP contribution in [-0.2, 0) is 24.4 Å². The fraction of sp³-hybridized carbons (Fsp3) is 0.130. The number of hydrogen-bond donors (Lipinski definition) is 2. The molecule has 0 radical (unpaired) electrons. The normalized spacial score (nSPS) is 11.1. The standard InChI is InChI=1S/C23H17F3N2O4/c24-14-1-2-20(13(7-14)8-21(29)30)31-10-12-5-16(23-17(6-12)18(25)11-32-23)15-3-4-28-19(9-27)22(15)26/h1-7,11H,8-10,27H2,(H,29,30). The molecule has 0 aliphatic rings. The fourth-order valence-electron chi connectivity index (χ4n) is 3.44. The maximum atomic E-state index is 14.9. The number of carbonyl (C=O) groups is 1. The van der Waals surface area contributed by atoms with Gasteiger partial charge in [-0.15, -0.1) is 0 Å². The van der Waals surface area contributed by atoms with Gasteiger partial charge in [0.05, 0.1) is 17.5 Å². The molecule has 0 spiro atoms. The van der Waals surface area contributed by atoms with E-state index >= 15 is 0 Å². The molecule has 4 aromatic rings. The van der Waals surface area contributed by atoms with E-state index in [-0.39, 0.29) is 52.3 Å². The van der Waals surface area contributed by atoms with Gasteiger partial charge in [0.25, 0.3) is 0 Å². The molecule has 0 amide bonds. The van der Waals surface area contributed by atoms with Gasteiger partial charge in [0, 0.05) is 29.4 Å². The zero-order valence-corrected chi connectivity index (χ0v) is 16.6. The zero-order chi connectivity index (χ0) is 22.8. The first-order valence-corrected chi connectivity index (χ1v) is 9.53. The van der Waals surface area contributed by atoms with Crippen molar-refractivity contribution in [3.05, 3.63) is 83.1 Å². The lowest BCUT2D eigenvalue weighted by Crippen LogP contribution is -2.05. The van der Waals surface area contributed by atoms with Crippen molar-refractivity contribution in [1.82, 2.24) is 4.98 Å². The van der Waals surface area contributed by atoms with E-state index in [1.165, 1.54) is 24.4 Å². The van der Waals surface area contributed by atoms with Gasteiger partial charge in [-0.05, 0) is 42.0 Å². The summed E-state index contributed by atoms with van der Waals surface area (Å²) in [5.41, 5.74) is 6.77. The van der Waals surface area contributed by atoms with Crippen LogP contribution in [0.25, 0.3) is 22.1 Å². The molecular formula is C23H17F3N2O4. The highest BCUT2D eigenvalue weighted by Gasteiger charge is 2.19. The molecule has 0 unspecified atom stereocenters. The number of nitrogens with two attached hydrogens (primary N) is 1. The molecule has 2 aromatic carbocycles. The Morgan fingerprint density at radius 3 is 2.69 bits per heavy atom. The first-order chi connectivity index (χ1) is 15.4. The minimum atomic E-state index is -1.14. The van der Waals surface area contributed by atoms with Gasteiger partial charge in [0.2, 0.25) is 0 Å². The third kappa shape index (κ3) is 4.15. The van der Waals surface area contributed by atoms with Crippen molar-refractivity contribution in [3.63, 3.8) is 0 Å². The van der Waals surface area contributed by atoms with Crippen molar-refractivity contribution in [2.75, 3.05) is 0 Å². The van der Waals surface area contributed by atoms with Gasteiger partial charge in [0.1, 0.15) is 30.0 Å². The SMILES string of the molecule is NCc1nccc(-c2cc(COc3ccc(F)cc3CC(=O)O)cc3c(F)coc23)c1F. The lowest BCUT2D eigenvalue weighted by Gasteiger charge is -2.13. The minimum Gasteiger partial charge on any atom is -0.489 e. The summed E-state index contributed by atoms with van der Waals surface area (Å²) in [6, 6.07) is 8.03. The second kappa shape index (κ2) is 8.72. The highest BCUT2D eigenvalue weighted by Crippen LogP contribution is 2.35. The van der Waals surface area contributed by atoms with Crippen LogP contribution in [0.1, 0.15) is 16.8 Å². The lowest BCUT2D eigenvalue weighted by atomic mass is 10.00. The number of aliphatic carboxylic acids is 1. The molecule has 0 bridgehead atoms. The van der Waals surface area contributed by atoms with Crippen LogP contribution in [-0.4, -0.2) is 16.1 Å². The number of nitrogens with zero attached hydrogens (tertiary/aromatic N) is 1. The Kier molecular flexibility index (Phi) is 5.83. The molecule has 3 N–H and O–H groups in total. The average Bonchev–Trinajstić information content (AvgIpc) is 3.13. The van der Waals surface area contributed by atoms with Crippen molar-refractivity contribution >= 4 is 16.9 Å². The summed E-state index contributed by atoms with van der Waals surface area (Å²) >= 11 is 0. The largest absolute Gasteiger partial charge is 0.489 e. The van der Waals surface area contributed by atoms with Crippen molar-refractivity contribution in [2.45, 2.75) is 19.6 Å². The predicted molar refractivity (Wildman–Crippen MR) is 109 cm³/mol. The maximum Gasteiger partial charge on any atom is 0.307 e. The molecule has 164 valence electrons. The number of aromatic nitrogens is 1. The molecule has 0 atom stereocenters. The molecule has 0 fully saturated rings. The molecule has 2 heterocycles. The highest BCUT2D eigenvalue weighted by molar-refractivity contribution is 5.93. The lowest BCUT2D eigenvalue weighted by molar-refractivity contribution is -0.136. The Labute approximate surface area is 180 Å². The summed E-state index contributed by atoms with van der Waals surface area (Å²) in [6.07, 6.45) is 1.89. The van der Waals surface area contributed by atoms with E-state index in [1.54, 1.807) is 6.07 Å². The van der Waals surface area contributed by atoms with Crippen LogP contribution in [0.3, 0.4) is 0 Å². The summed E-state index contributed by atoms with van der Waals surface area (Å²) < 4.78 is 53.8. The van der Waals surface area contributed by atoms with Crippen molar-refractivity contribution < 1.29 is 32.2 Å². The van der Waals surface area contributed by atoms with E-state index in [1.807, 2.05) is 0 Å². The Hall–Kier alpha value is -3.85. The van der Waals surface area contributed by atoms with Gasteiger partial charge in [-0.1, -0.05) is 0 Å². The van der Waals surface area contributed by atoms with Gasteiger partial charge in [-0.2, -0.15) is 0 Å². The molecule has 9 heteroatoms. The minimum absolute atomic E-state index is 0.0500. The van der Waals surface area contributed by atoms with Gasteiger partial charge in [-0.25, -0.2) is 13.2 Å². The van der Waals surface area contributed by atoms with Crippen molar-refractivity contribution in [1.29, 1.82) is 0 Å². The summed E-state index contributed by atoms with van der Waals surface area (Å²) in [7, 11) is 0. The molecule has 0 aliphatic carbocycles. The van der Waals surface area contributed by atoms with Crippen LogP contribution >= 0.6 is 0 Å². The topological polar surface area (TPSA) is 98.6 Å². The van der Waals surface area contributed by atoms with Crippen molar-refractivity contribution in [2.24, 2.45) is 5.73 Å². The van der Waals surface area contributed by atoms with E-state index in [4.69, 9.17) is 20.0 Å². The van der Waals surface area contributed by atoms with E-state index in [2.05, 4.69) is 4.98 Å². The fourth-order valence-corrected chi connectivity index (χ4v) is 3.44. The molecule has 4 rings (SSSR count). The van der Waals surface area contributed by atoms with Crippen LogP contribution in [0.2, 0.25) is 0 Å². The Balaban J connectivity index is 1.74. The third-order valence-corrected chi connectivity index (χ3v) is 4.89. The summed E-state index contributed by atoms with van der Waals surface area (Å²) in [6.45, 7) is -0.225. The number of carboxylic acid groups (broad SMARTS) is 1. The van der Waals surface area contributed by atoms with Crippen LogP contribution < -0.4 is 10.5 Å². The van der Waals surface area contributed by atoms with Gasteiger partial charge in [-0.3, -0.25) is 9.78 Å². The quantitative estimate of drug-likeness (QED) is 0.435. The third-order valence-electron chi connectivity index (χ3n) is 4.89. The van der Waals surface area contributed by atoms with Crippen molar-refractivity contribution in [3.8, 4) is 16.9 Å². The number of ether oxygens (including phenoxy) is 1. The Morgan fingerprint density at radius 2 is 1.94 bits per heavy atom. The smallest absolute Gasteiger partial charge is 0.307 e. The number of carboxylic acids is 1. The zero-order valence-electron chi connectivity index (χ0n) is 16.6.